The standard InChI is InChI=1S/C13H13ClN2O2/c1-2-16-8-10(7-15-16)13(17)9-18-12-5-3-4-11(14)6-12/h3-8H,2,9H2,1H3. The van der Waals surface area contributed by atoms with Crippen LogP contribution in [0, 0.1) is 0 Å². The van der Waals surface area contributed by atoms with E-state index in [1.807, 2.05) is 6.92 Å². The van der Waals surface area contributed by atoms with Gasteiger partial charge < -0.3 is 4.74 Å². The summed E-state index contributed by atoms with van der Waals surface area (Å²) in [5.41, 5.74) is 0.555. The number of nitrogens with zero attached hydrogens (tertiary/aromatic N) is 2. The lowest BCUT2D eigenvalue weighted by Crippen LogP contribution is -2.10. The van der Waals surface area contributed by atoms with Crippen LogP contribution in [0.15, 0.2) is 36.7 Å². The number of carbonyl (C=O) groups is 1. The minimum absolute atomic E-state index is 0.0181. The Hall–Kier alpha value is -1.81. The lowest BCUT2D eigenvalue weighted by molar-refractivity contribution is 0.0921. The fraction of sp³-hybridized carbons (Fsp3) is 0.231. The van der Waals surface area contributed by atoms with Gasteiger partial charge in [0.05, 0.1) is 11.8 Å². The van der Waals surface area contributed by atoms with Crippen LogP contribution in [0.25, 0.3) is 0 Å². The number of halogens is 1. The van der Waals surface area contributed by atoms with Crippen molar-refractivity contribution in [3.63, 3.8) is 0 Å². The maximum Gasteiger partial charge on any atom is 0.203 e. The summed E-state index contributed by atoms with van der Waals surface area (Å²) in [4.78, 5) is 11.8. The van der Waals surface area contributed by atoms with E-state index in [1.54, 1.807) is 41.3 Å². The van der Waals surface area contributed by atoms with E-state index in [-0.39, 0.29) is 12.4 Å². The van der Waals surface area contributed by atoms with Gasteiger partial charge in [-0.15, -0.1) is 0 Å². The van der Waals surface area contributed by atoms with Gasteiger partial charge in [0.15, 0.2) is 6.61 Å². The largest absolute Gasteiger partial charge is 0.485 e. The number of rotatable bonds is 5. The molecule has 0 spiro atoms. The van der Waals surface area contributed by atoms with Gasteiger partial charge in [-0.1, -0.05) is 17.7 Å². The zero-order chi connectivity index (χ0) is 13.0. The van der Waals surface area contributed by atoms with E-state index >= 15 is 0 Å². The van der Waals surface area contributed by atoms with Gasteiger partial charge in [0.1, 0.15) is 5.75 Å². The molecular weight excluding hydrogens is 252 g/mol. The fourth-order valence-electron chi connectivity index (χ4n) is 1.47. The summed E-state index contributed by atoms with van der Waals surface area (Å²) in [7, 11) is 0. The Kier molecular flexibility index (Phi) is 3.99. The molecule has 0 saturated heterocycles. The van der Waals surface area contributed by atoms with Crippen molar-refractivity contribution in [1.29, 1.82) is 0 Å². The minimum Gasteiger partial charge on any atom is -0.485 e. The Morgan fingerprint density at radius 3 is 3.00 bits per heavy atom. The molecule has 1 aromatic carbocycles. The van der Waals surface area contributed by atoms with Crippen LogP contribution in [0.1, 0.15) is 17.3 Å². The van der Waals surface area contributed by atoms with Crippen LogP contribution in [0.5, 0.6) is 5.75 Å². The lowest BCUT2D eigenvalue weighted by Gasteiger charge is -2.04. The van der Waals surface area contributed by atoms with Crippen molar-refractivity contribution >= 4 is 17.4 Å². The van der Waals surface area contributed by atoms with Crippen LogP contribution in [0.3, 0.4) is 0 Å². The highest BCUT2D eigenvalue weighted by molar-refractivity contribution is 6.30. The van der Waals surface area contributed by atoms with Gasteiger partial charge in [-0.25, -0.2) is 0 Å². The van der Waals surface area contributed by atoms with Crippen molar-refractivity contribution in [2.45, 2.75) is 13.5 Å². The average Bonchev–Trinajstić information content (AvgIpc) is 2.85. The number of carbonyl (C=O) groups excluding carboxylic acids is 1. The van der Waals surface area contributed by atoms with Crippen LogP contribution in [0.4, 0.5) is 0 Å². The molecule has 4 nitrogen and oxygen atoms in total. The molecule has 18 heavy (non-hydrogen) atoms. The Balaban J connectivity index is 1.96. The van der Waals surface area contributed by atoms with E-state index in [0.29, 0.717) is 16.3 Å². The second kappa shape index (κ2) is 5.69. The topological polar surface area (TPSA) is 44.1 Å². The second-order valence-electron chi connectivity index (χ2n) is 3.75. The predicted octanol–water partition coefficient (Wildman–Crippen LogP) is 2.82. The minimum atomic E-state index is -0.102. The molecular formula is C13H13ClN2O2. The van der Waals surface area contributed by atoms with Crippen LogP contribution >= 0.6 is 11.6 Å². The third-order valence-corrected chi connectivity index (χ3v) is 2.68. The molecule has 0 aliphatic heterocycles. The summed E-state index contributed by atoms with van der Waals surface area (Å²) in [6.45, 7) is 2.68. The highest BCUT2D eigenvalue weighted by Gasteiger charge is 2.09. The third kappa shape index (κ3) is 3.11. The number of ether oxygens (including phenoxy) is 1. The molecule has 0 atom stereocenters. The van der Waals surface area contributed by atoms with Crippen molar-refractivity contribution in [1.82, 2.24) is 9.78 Å². The van der Waals surface area contributed by atoms with Crippen molar-refractivity contribution < 1.29 is 9.53 Å². The first-order chi connectivity index (χ1) is 8.69. The normalized spacial score (nSPS) is 10.3. The number of hydrogen-bond acceptors (Lipinski definition) is 3. The molecule has 5 heteroatoms. The van der Waals surface area contributed by atoms with Gasteiger partial charge in [0.2, 0.25) is 5.78 Å². The molecule has 2 aromatic rings. The fourth-order valence-corrected chi connectivity index (χ4v) is 1.65. The maximum atomic E-state index is 11.8. The van der Waals surface area contributed by atoms with E-state index in [2.05, 4.69) is 5.10 Å². The molecule has 0 bridgehead atoms. The quantitative estimate of drug-likeness (QED) is 0.780. The van der Waals surface area contributed by atoms with Crippen LogP contribution in [-0.4, -0.2) is 22.2 Å². The molecule has 0 aliphatic carbocycles. The summed E-state index contributed by atoms with van der Waals surface area (Å²) in [6, 6.07) is 6.96. The molecule has 0 amide bonds. The van der Waals surface area contributed by atoms with Gasteiger partial charge >= 0.3 is 0 Å². The molecule has 1 heterocycles. The van der Waals surface area contributed by atoms with E-state index < -0.39 is 0 Å². The molecule has 94 valence electrons. The molecule has 0 saturated carbocycles. The van der Waals surface area contributed by atoms with Gasteiger partial charge in [-0.3, -0.25) is 9.48 Å². The predicted molar refractivity (Wildman–Crippen MR) is 69.2 cm³/mol. The van der Waals surface area contributed by atoms with Gasteiger partial charge in [0.25, 0.3) is 0 Å². The van der Waals surface area contributed by atoms with Crippen molar-refractivity contribution in [2.24, 2.45) is 0 Å². The molecule has 0 fully saturated rings. The summed E-state index contributed by atoms with van der Waals surface area (Å²) < 4.78 is 7.08. The number of aromatic nitrogens is 2. The van der Waals surface area contributed by atoms with E-state index in [1.165, 1.54) is 0 Å². The van der Waals surface area contributed by atoms with Crippen LogP contribution in [-0.2, 0) is 6.54 Å². The number of ketones is 1. The van der Waals surface area contributed by atoms with Gasteiger partial charge in [-0.05, 0) is 25.1 Å². The molecule has 0 unspecified atom stereocenters. The Bertz CT molecular complexity index is 551. The second-order valence-corrected chi connectivity index (χ2v) is 4.19. The Morgan fingerprint density at radius 2 is 2.33 bits per heavy atom. The maximum absolute atomic E-state index is 11.8. The van der Waals surface area contributed by atoms with Gasteiger partial charge in [-0.2, -0.15) is 5.10 Å². The molecule has 0 radical (unpaired) electrons. The average molecular weight is 265 g/mol. The summed E-state index contributed by atoms with van der Waals surface area (Å²) in [6.07, 6.45) is 3.26. The highest BCUT2D eigenvalue weighted by atomic mass is 35.5. The first kappa shape index (κ1) is 12.6. The van der Waals surface area contributed by atoms with Crippen molar-refractivity contribution in [2.75, 3.05) is 6.61 Å². The zero-order valence-corrected chi connectivity index (χ0v) is 10.7. The van der Waals surface area contributed by atoms with E-state index in [4.69, 9.17) is 16.3 Å². The number of Topliss-reactive ketones (excluding diaryl/α,β-unsaturated/α-hetero) is 1. The smallest absolute Gasteiger partial charge is 0.203 e. The number of hydrogen-bond donors (Lipinski definition) is 0. The summed E-state index contributed by atoms with van der Waals surface area (Å²) >= 11 is 5.82. The van der Waals surface area contributed by atoms with E-state index in [0.717, 1.165) is 6.54 Å². The first-order valence-corrected chi connectivity index (χ1v) is 6.01. The van der Waals surface area contributed by atoms with Crippen molar-refractivity contribution in [3.8, 4) is 5.75 Å². The van der Waals surface area contributed by atoms with E-state index in [9.17, 15) is 4.79 Å². The molecule has 0 aliphatic rings. The van der Waals surface area contributed by atoms with Crippen LogP contribution < -0.4 is 4.74 Å². The van der Waals surface area contributed by atoms with Crippen molar-refractivity contribution in [3.05, 3.63) is 47.2 Å². The molecule has 0 N–H and O–H groups in total. The first-order valence-electron chi connectivity index (χ1n) is 5.63. The molecule has 1 aromatic heterocycles. The third-order valence-electron chi connectivity index (χ3n) is 2.45. The number of benzene rings is 1. The molecule has 2 rings (SSSR count). The summed E-state index contributed by atoms with van der Waals surface area (Å²) in [5.74, 6) is 0.480. The van der Waals surface area contributed by atoms with Crippen LogP contribution in [0.2, 0.25) is 5.02 Å². The SMILES string of the molecule is CCn1cc(C(=O)COc2cccc(Cl)c2)cn1. The zero-order valence-electron chi connectivity index (χ0n) is 9.97. The lowest BCUT2D eigenvalue weighted by atomic mass is 10.2. The highest BCUT2D eigenvalue weighted by Crippen LogP contribution is 2.17. The summed E-state index contributed by atoms with van der Waals surface area (Å²) in [5, 5.41) is 4.63. The van der Waals surface area contributed by atoms with Gasteiger partial charge in [0, 0.05) is 17.8 Å². The Labute approximate surface area is 110 Å². The monoisotopic (exact) mass is 264 g/mol. The Morgan fingerprint density at radius 1 is 1.50 bits per heavy atom. The number of aryl methyl sites for hydroxylation is 1.